The number of guanidine groups is 1. The lowest BCUT2D eigenvalue weighted by Crippen LogP contribution is -2.61. The maximum absolute atomic E-state index is 13.0. The molecular weight excluding hydrogens is 354 g/mol. The summed E-state index contributed by atoms with van der Waals surface area (Å²) in [7, 11) is 3.18. The van der Waals surface area contributed by atoms with E-state index in [1.807, 2.05) is 22.8 Å². The van der Waals surface area contributed by atoms with Crippen LogP contribution in [0.2, 0.25) is 0 Å². The van der Waals surface area contributed by atoms with E-state index in [4.69, 9.17) is 0 Å². The van der Waals surface area contributed by atoms with Gasteiger partial charge in [-0.25, -0.2) is 9.37 Å². The average molecular weight is 378 g/mol. The third kappa shape index (κ3) is 2.83. The molecule has 2 heterocycles. The Bertz CT molecular complexity index is 1020. The Morgan fingerprint density at radius 3 is 2.61 bits per heavy atom. The van der Waals surface area contributed by atoms with Crippen LogP contribution in [0, 0.1) is 0 Å². The zero-order valence-corrected chi connectivity index (χ0v) is 16.3. The summed E-state index contributed by atoms with van der Waals surface area (Å²) in [6, 6.07) is 13.4. The minimum atomic E-state index is -0.606. The van der Waals surface area contributed by atoms with Gasteiger partial charge in [-0.3, -0.25) is 19.9 Å². The second kappa shape index (κ2) is 7.07. The molecule has 28 heavy (non-hydrogen) atoms. The maximum Gasteiger partial charge on any atom is 0.390 e. The van der Waals surface area contributed by atoms with E-state index in [1.54, 1.807) is 7.05 Å². The number of fused-ring (bicyclic) bond motifs is 2. The van der Waals surface area contributed by atoms with E-state index in [0.29, 0.717) is 18.3 Å². The van der Waals surface area contributed by atoms with Gasteiger partial charge in [0.25, 0.3) is 5.91 Å². The van der Waals surface area contributed by atoms with Crippen LogP contribution in [0.3, 0.4) is 0 Å². The quantitative estimate of drug-likeness (QED) is 0.828. The van der Waals surface area contributed by atoms with Gasteiger partial charge in [-0.15, -0.1) is 0 Å². The summed E-state index contributed by atoms with van der Waals surface area (Å²) in [6.07, 6.45) is 0.934. The van der Waals surface area contributed by atoms with Crippen molar-refractivity contribution in [1.29, 1.82) is 0 Å². The first-order valence-corrected chi connectivity index (χ1v) is 9.51. The standard InChI is InChI=1S/C21H23N5O2/c1-4-12-22-20-23-18-17(19(27)25(3)21(28)24(18)2)26(20)13-15-10-7-9-14-8-5-6-11-16(14)15/h5-11,17H,4,12-13H2,1-3H3/p+1. The fraction of sp³-hybridized carbons (Fsp3) is 0.333. The predicted molar refractivity (Wildman–Crippen MR) is 108 cm³/mol. The minimum absolute atomic E-state index is 0.254. The molecule has 7 heteroatoms. The number of imide groups is 1. The summed E-state index contributed by atoms with van der Waals surface area (Å²) >= 11 is 0. The molecule has 1 fully saturated rings. The van der Waals surface area contributed by atoms with Crippen LogP contribution in [0.25, 0.3) is 10.8 Å². The molecule has 0 aromatic heterocycles. The third-order valence-corrected chi connectivity index (χ3v) is 5.28. The van der Waals surface area contributed by atoms with Crippen molar-refractivity contribution in [3.8, 4) is 0 Å². The molecule has 1 atom stereocenters. The highest BCUT2D eigenvalue weighted by Crippen LogP contribution is 2.23. The van der Waals surface area contributed by atoms with Gasteiger partial charge in [0.1, 0.15) is 0 Å². The Morgan fingerprint density at radius 2 is 1.82 bits per heavy atom. The molecule has 2 aromatic rings. The molecule has 144 valence electrons. The topological polar surface area (TPSA) is 68.0 Å². The van der Waals surface area contributed by atoms with Crippen LogP contribution in [0.5, 0.6) is 0 Å². The number of rotatable bonds is 4. The monoisotopic (exact) mass is 378 g/mol. The molecule has 7 nitrogen and oxygen atoms in total. The number of hydrogen-bond donors (Lipinski definition) is 1. The van der Waals surface area contributed by atoms with Crippen molar-refractivity contribution in [3.63, 3.8) is 0 Å². The highest BCUT2D eigenvalue weighted by Gasteiger charge is 2.51. The Kier molecular flexibility index (Phi) is 4.58. The predicted octanol–water partition coefficient (Wildman–Crippen LogP) is 2.01. The lowest BCUT2D eigenvalue weighted by atomic mass is 10.0. The number of amides is 3. The lowest BCUT2D eigenvalue weighted by Gasteiger charge is -2.31. The normalized spacial score (nSPS) is 19.4. The Labute approximate surface area is 164 Å². The van der Waals surface area contributed by atoms with Crippen LogP contribution >= 0.6 is 0 Å². The molecule has 2 aliphatic rings. The Hall–Kier alpha value is -3.22. The van der Waals surface area contributed by atoms with E-state index >= 15 is 0 Å². The summed E-state index contributed by atoms with van der Waals surface area (Å²) < 4.78 is 1.97. The number of nitrogens with one attached hydrogen (secondary N) is 1. The van der Waals surface area contributed by atoms with Crippen molar-refractivity contribution >= 4 is 34.5 Å². The van der Waals surface area contributed by atoms with Gasteiger partial charge in [-0.1, -0.05) is 54.4 Å². The van der Waals surface area contributed by atoms with Crippen molar-refractivity contribution in [1.82, 2.24) is 15.1 Å². The number of amidine groups is 1. The molecule has 2 aliphatic heterocycles. The van der Waals surface area contributed by atoms with Crippen molar-refractivity contribution < 1.29 is 14.2 Å². The summed E-state index contributed by atoms with van der Waals surface area (Å²) in [5, 5.41) is 5.63. The molecule has 3 amide bonds. The van der Waals surface area contributed by atoms with Gasteiger partial charge in [0.15, 0.2) is 0 Å². The van der Waals surface area contributed by atoms with Crippen LogP contribution in [-0.4, -0.2) is 64.8 Å². The van der Waals surface area contributed by atoms with Gasteiger partial charge >= 0.3 is 12.0 Å². The minimum Gasteiger partial charge on any atom is -0.275 e. The molecule has 0 bridgehead atoms. The summed E-state index contributed by atoms with van der Waals surface area (Å²) in [5.41, 5.74) is 1.11. The van der Waals surface area contributed by atoms with Crippen LogP contribution in [-0.2, 0) is 11.3 Å². The number of carbonyl (C=O) groups excluding carboxylic acids is 2. The first kappa shape index (κ1) is 18.2. The smallest absolute Gasteiger partial charge is 0.275 e. The van der Waals surface area contributed by atoms with Gasteiger partial charge in [0.2, 0.25) is 11.9 Å². The number of nitrogens with zero attached hydrogens (tertiary/aromatic N) is 4. The second-order valence-corrected chi connectivity index (χ2v) is 7.13. The van der Waals surface area contributed by atoms with Crippen LogP contribution in [0.1, 0.15) is 18.9 Å². The molecule has 1 N–H and O–H groups in total. The van der Waals surface area contributed by atoms with Crippen LogP contribution in [0.15, 0.2) is 47.5 Å². The maximum atomic E-state index is 13.0. The molecule has 0 radical (unpaired) electrons. The zero-order chi connectivity index (χ0) is 19.8. The van der Waals surface area contributed by atoms with E-state index < -0.39 is 6.04 Å². The van der Waals surface area contributed by atoms with Crippen LogP contribution in [0.4, 0.5) is 4.79 Å². The largest absolute Gasteiger partial charge is 0.390 e. The number of likely N-dealkylation sites (N-methyl/N-ethyl adjacent to an activating group) is 2. The van der Waals surface area contributed by atoms with Crippen molar-refractivity contribution in [2.24, 2.45) is 4.99 Å². The first-order chi connectivity index (χ1) is 13.5. The van der Waals surface area contributed by atoms with E-state index in [9.17, 15) is 9.59 Å². The van der Waals surface area contributed by atoms with Gasteiger partial charge in [-0.05, 0) is 22.8 Å². The SMILES string of the molecule is CCCNC1=[N+](Cc2cccc3ccccc23)C2C(=O)N(C)C(=O)N(C)C2=N1. The molecule has 4 rings (SSSR count). The number of aliphatic imine (C=N–C) groups is 1. The molecule has 0 aliphatic carbocycles. The summed E-state index contributed by atoms with van der Waals surface area (Å²) in [6.45, 7) is 3.34. The van der Waals surface area contributed by atoms with Crippen molar-refractivity contribution in [2.45, 2.75) is 25.9 Å². The van der Waals surface area contributed by atoms with Crippen LogP contribution < -0.4 is 5.32 Å². The fourth-order valence-corrected chi connectivity index (χ4v) is 3.76. The van der Waals surface area contributed by atoms with Gasteiger partial charge in [-0.2, -0.15) is 0 Å². The fourth-order valence-electron chi connectivity index (χ4n) is 3.76. The average Bonchev–Trinajstić information content (AvgIpc) is 3.07. The number of carbonyl (C=O) groups is 2. The van der Waals surface area contributed by atoms with Gasteiger partial charge < -0.3 is 0 Å². The van der Waals surface area contributed by atoms with Crippen molar-refractivity contribution in [2.75, 3.05) is 20.6 Å². The Balaban J connectivity index is 1.78. The second-order valence-electron chi connectivity index (χ2n) is 7.13. The number of hydrogen-bond acceptors (Lipinski definition) is 4. The summed E-state index contributed by atoms with van der Waals surface area (Å²) in [4.78, 5) is 32.6. The van der Waals surface area contributed by atoms with E-state index in [-0.39, 0.29) is 11.9 Å². The van der Waals surface area contributed by atoms with Gasteiger partial charge in [0.05, 0.1) is 13.1 Å². The Morgan fingerprint density at radius 1 is 1.07 bits per heavy atom. The van der Waals surface area contributed by atoms with Crippen molar-refractivity contribution in [3.05, 3.63) is 48.0 Å². The van der Waals surface area contributed by atoms with E-state index in [2.05, 4.69) is 41.5 Å². The molecule has 0 saturated carbocycles. The molecular formula is C21H24N5O2+. The lowest BCUT2D eigenvalue weighted by molar-refractivity contribution is -0.552. The molecule has 1 unspecified atom stereocenters. The highest BCUT2D eigenvalue weighted by atomic mass is 16.2. The summed E-state index contributed by atoms with van der Waals surface area (Å²) in [5.74, 6) is 0.861. The number of benzene rings is 2. The zero-order valence-electron chi connectivity index (χ0n) is 16.3. The highest BCUT2D eigenvalue weighted by molar-refractivity contribution is 6.22. The van der Waals surface area contributed by atoms with E-state index in [1.165, 1.54) is 16.8 Å². The number of urea groups is 1. The van der Waals surface area contributed by atoms with Gasteiger partial charge in [0, 0.05) is 14.1 Å². The molecule has 0 spiro atoms. The third-order valence-electron chi connectivity index (χ3n) is 5.28. The van der Waals surface area contributed by atoms with E-state index in [0.717, 1.165) is 29.3 Å². The first-order valence-electron chi connectivity index (χ1n) is 9.51. The molecule has 1 saturated heterocycles. The molecule has 2 aromatic carbocycles.